The van der Waals surface area contributed by atoms with Crippen LogP contribution in [0.15, 0.2) is 0 Å². The summed E-state index contributed by atoms with van der Waals surface area (Å²) >= 11 is 1.88. The van der Waals surface area contributed by atoms with Crippen LogP contribution >= 0.6 is 11.8 Å². The highest BCUT2D eigenvalue weighted by atomic mass is 32.2. The minimum atomic E-state index is 0.230. The van der Waals surface area contributed by atoms with E-state index in [0.29, 0.717) is 12.5 Å². The fourth-order valence-corrected chi connectivity index (χ4v) is 2.27. The summed E-state index contributed by atoms with van der Waals surface area (Å²) in [6.07, 6.45) is 2.98. The lowest BCUT2D eigenvalue weighted by Crippen LogP contribution is -2.34. The highest BCUT2D eigenvalue weighted by molar-refractivity contribution is 7.99. The fourth-order valence-electron chi connectivity index (χ4n) is 1.24. The molecule has 1 N–H and O–H groups in total. The molecule has 1 saturated heterocycles. The normalized spacial score (nSPS) is 25.9. The largest absolute Gasteiger partial charge is 0.353 e. The summed E-state index contributed by atoms with van der Waals surface area (Å²) in [7, 11) is 0. The third kappa shape index (κ3) is 3.14. The number of hydrogen-bond acceptors (Lipinski definition) is 2. The SMILES string of the molecule is CCC[C@H]1CSCCC(=O)N1. The smallest absolute Gasteiger partial charge is 0.221 e. The van der Waals surface area contributed by atoms with Gasteiger partial charge in [0.15, 0.2) is 0 Å². The Bertz CT molecular complexity index is 138. The monoisotopic (exact) mass is 173 g/mol. The average molecular weight is 173 g/mol. The second-order valence-corrected chi connectivity index (χ2v) is 4.03. The minimum Gasteiger partial charge on any atom is -0.353 e. The van der Waals surface area contributed by atoms with E-state index in [2.05, 4.69) is 12.2 Å². The van der Waals surface area contributed by atoms with Gasteiger partial charge in [0.25, 0.3) is 0 Å². The number of rotatable bonds is 2. The lowest BCUT2D eigenvalue weighted by Gasteiger charge is -2.13. The molecule has 2 nitrogen and oxygen atoms in total. The minimum absolute atomic E-state index is 0.230. The molecular weight excluding hydrogens is 158 g/mol. The zero-order valence-corrected chi connectivity index (χ0v) is 7.75. The molecule has 1 heterocycles. The number of carbonyl (C=O) groups excluding carboxylic acids is 1. The predicted molar refractivity (Wildman–Crippen MR) is 48.8 cm³/mol. The van der Waals surface area contributed by atoms with Crippen LogP contribution < -0.4 is 5.32 Å². The molecule has 0 saturated carbocycles. The Morgan fingerprint density at radius 3 is 3.27 bits per heavy atom. The number of nitrogens with one attached hydrogen (secondary N) is 1. The van der Waals surface area contributed by atoms with E-state index >= 15 is 0 Å². The molecule has 0 radical (unpaired) electrons. The second-order valence-electron chi connectivity index (χ2n) is 2.88. The fraction of sp³-hybridized carbons (Fsp3) is 0.875. The van der Waals surface area contributed by atoms with Crippen molar-refractivity contribution in [2.75, 3.05) is 11.5 Å². The van der Waals surface area contributed by atoms with Gasteiger partial charge in [0, 0.05) is 24.0 Å². The van der Waals surface area contributed by atoms with Crippen LogP contribution in [0.3, 0.4) is 0 Å². The van der Waals surface area contributed by atoms with Gasteiger partial charge in [-0.15, -0.1) is 0 Å². The maximum absolute atomic E-state index is 11.0. The van der Waals surface area contributed by atoms with Gasteiger partial charge in [0.05, 0.1) is 0 Å². The molecular formula is C8H15NOS. The molecule has 1 atom stereocenters. The van der Waals surface area contributed by atoms with Crippen molar-refractivity contribution in [2.45, 2.75) is 32.2 Å². The van der Waals surface area contributed by atoms with Gasteiger partial charge in [-0.3, -0.25) is 4.79 Å². The summed E-state index contributed by atoms with van der Waals surface area (Å²) in [5, 5.41) is 3.02. The van der Waals surface area contributed by atoms with Gasteiger partial charge in [0.2, 0.25) is 5.91 Å². The van der Waals surface area contributed by atoms with Gasteiger partial charge >= 0.3 is 0 Å². The number of amides is 1. The van der Waals surface area contributed by atoms with Gasteiger partial charge < -0.3 is 5.32 Å². The van der Waals surface area contributed by atoms with Crippen LogP contribution in [-0.2, 0) is 4.79 Å². The lowest BCUT2D eigenvalue weighted by molar-refractivity contribution is -0.121. The van der Waals surface area contributed by atoms with Crippen molar-refractivity contribution in [3.05, 3.63) is 0 Å². The molecule has 3 heteroatoms. The first-order valence-electron chi connectivity index (χ1n) is 4.20. The molecule has 0 bridgehead atoms. The van der Waals surface area contributed by atoms with Gasteiger partial charge in [-0.05, 0) is 6.42 Å². The first kappa shape index (κ1) is 8.91. The first-order chi connectivity index (χ1) is 5.33. The molecule has 0 spiro atoms. The van der Waals surface area contributed by atoms with Gasteiger partial charge in [0.1, 0.15) is 0 Å². The zero-order valence-electron chi connectivity index (χ0n) is 6.93. The second kappa shape index (κ2) is 4.65. The summed E-state index contributed by atoms with van der Waals surface area (Å²) in [6, 6.07) is 0.431. The maximum atomic E-state index is 11.0. The summed E-state index contributed by atoms with van der Waals surface area (Å²) in [5.74, 6) is 2.32. The van der Waals surface area contributed by atoms with E-state index < -0.39 is 0 Å². The molecule has 1 rings (SSSR count). The van der Waals surface area contributed by atoms with Crippen molar-refractivity contribution in [1.29, 1.82) is 0 Å². The third-order valence-corrected chi connectivity index (χ3v) is 2.93. The van der Waals surface area contributed by atoms with Gasteiger partial charge in [-0.1, -0.05) is 13.3 Å². The van der Waals surface area contributed by atoms with Crippen molar-refractivity contribution >= 4 is 17.7 Å². The highest BCUT2D eigenvalue weighted by Crippen LogP contribution is 2.12. The molecule has 11 heavy (non-hydrogen) atoms. The molecule has 1 amide bonds. The molecule has 0 aromatic rings. The van der Waals surface area contributed by atoms with E-state index in [1.807, 2.05) is 11.8 Å². The summed E-state index contributed by atoms with van der Waals surface area (Å²) in [5.41, 5.74) is 0. The van der Waals surface area contributed by atoms with Crippen molar-refractivity contribution in [2.24, 2.45) is 0 Å². The van der Waals surface area contributed by atoms with Crippen LogP contribution in [0.4, 0.5) is 0 Å². The van der Waals surface area contributed by atoms with Crippen LogP contribution in [-0.4, -0.2) is 23.5 Å². The van der Waals surface area contributed by atoms with Crippen LogP contribution in [0.2, 0.25) is 0 Å². The third-order valence-electron chi connectivity index (χ3n) is 1.79. The van der Waals surface area contributed by atoms with Crippen LogP contribution in [0.25, 0.3) is 0 Å². The number of thioether (sulfide) groups is 1. The van der Waals surface area contributed by atoms with Crippen molar-refractivity contribution in [1.82, 2.24) is 5.32 Å². The summed E-state index contributed by atoms with van der Waals surface area (Å²) in [6.45, 7) is 2.15. The standard InChI is InChI=1S/C8H15NOS/c1-2-3-7-6-11-5-4-8(10)9-7/h7H,2-6H2,1H3,(H,9,10)/t7-/m0/s1. The van der Waals surface area contributed by atoms with E-state index in [4.69, 9.17) is 0 Å². The topological polar surface area (TPSA) is 29.1 Å². The molecule has 0 unspecified atom stereocenters. The molecule has 0 aliphatic carbocycles. The first-order valence-corrected chi connectivity index (χ1v) is 5.35. The van der Waals surface area contributed by atoms with E-state index in [0.717, 1.165) is 24.3 Å². The molecule has 1 aliphatic rings. The Morgan fingerprint density at radius 1 is 1.73 bits per heavy atom. The summed E-state index contributed by atoms with van der Waals surface area (Å²) < 4.78 is 0. The Balaban J connectivity index is 2.33. The van der Waals surface area contributed by atoms with Crippen LogP contribution in [0.1, 0.15) is 26.2 Å². The molecule has 1 aliphatic heterocycles. The molecule has 64 valence electrons. The zero-order chi connectivity index (χ0) is 8.10. The maximum Gasteiger partial charge on any atom is 0.221 e. The molecule has 1 fully saturated rings. The quantitative estimate of drug-likeness (QED) is 0.684. The molecule has 0 aromatic carbocycles. The average Bonchev–Trinajstić information content (AvgIpc) is 2.15. The lowest BCUT2D eigenvalue weighted by atomic mass is 10.2. The number of hydrogen-bond donors (Lipinski definition) is 1. The van der Waals surface area contributed by atoms with Crippen LogP contribution in [0, 0.1) is 0 Å². The van der Waals surface area contributed by atoms with Crippen molar-refractivity contribution in [3.8, 4) is 0 Å². The Labute approximate surface area is 72.1 Å². The van der Waals surface area contributed by atoms with Gasteiger partial charge in [-0.2, -0.15) is 11.8 Å². The number of carbonyl (C=O) groups is 1. The van der Waals surface area contributed by atoms with Crippen molar-refractivity contribution < 1.29 is 4.79 Å². The Hall–Kier alpha value is -0.180. The summed E-state index contributed by atoms with van der Waals surface area (Å²) in [4.78, 5) is 11.0. The van der Waals surface area contributed by atoms with E-state index in [1.54, 1.807) is 0 Å². The Kier molecular flexibility index (Phi) is 3.77. The van der Waals surface area contributed by atoms with Gasteiger partial charge in [-0.25, -0.2) is 0 Å². The van der Waals surface area contributed by atoms with E-state index in [1.165, 1.54) is 0 Å². The predicted octanol–water partition coefficient (Wildman–Crippen LogP) is 1.41. The highest BCUT2D eigenvalue weighted by Gasteiger charge is 2.14. The van der Waals surface area contributed by atoms with E-state index in [9.17, 15) is 4.79 Å². The van der Waals surface area contributed by atoms with Crippen LogP contribution in [0.5, 0.6) is 0 Å². The van der Waals surface area contributed by atoms with Crippen molar-refractivity contribution in [3.63, 3.8) is 0 Å². The Morgan fingerprint density at radius 2 is 2.55 bits per heavy atom. The molecule has 0 aromatic heterocycles. The van der Waals surface area contributed by atoms with E-state index in [-0.39, 0.29) is 5.91 Å².